The van der Waals surface area contributed by atoms with Gasteiger partial charge in [0, 0.05) is 19.1 Å². The highest BCUT2D eigenvalue weighted by Gasteiger charge is 2.06. The molecule has 5 heteroatoms. The van der Waals surface area contributed by atoms with Gasteiger partial charge in [-0.15, -0.1) is 0 Å². The van der Waals surface area contributed by atoms with Crippen molar-refractivity contribution >= 4 is 21.8 Å². The van der Waals surface area contributed by atoms with Crippen molar-refractivity contribution < 1.29 is 9.53 Å². The Morgan fingerprint density at radius 1 is 1.38 bits per heavy atom. The normalized spacial score (nSPS) is 10.7. The van der Waals surface area contributed by atoms with Crippen molar-refractivity contribution in [3.63, 3.8) is 0 Å². The first kappa shape index (κ1) is 18.0. The Balaban J connectivity index is 2.43. The van der Waals surface area contributed by atoms with Crippen LogP contribution in [0.15, 0.2) is 22.7 Å². The first-order chi connectivity index (χ1) is 10.0. The largest absolute Gasteiger partial charge is 0.483 e. The maximum absolute atomic E-state index is 11.6. The van der Waals surface area contributed by atoms with Crippen LogP contribution in [0.2, 0.25) is 0 Å². The number of nitrogens with one attached hydrogen (secondary N) is 2. The number of carbonyl (C=O) groups is 1. The Kier molecular flexibility index (Phi) is 8.38. The van der Waals surface area contributed by atoms with Crippen LogP contribution < -0.4 is 15.4 Å². The summed E-state index contributed by atoms with van der Waals surface area (Å²) in [7, 11) is 0. The quantitative estimate of drug-likeness (QED) is 0.667. The molecule has 0 aromatic heterocycles. The molecule has 0 bridgehead atoms. The lowest BCUT2D eigenvalue weighted by molar-refractivity contribution is -0.123. The number of amides is 1. The first-order valence-corrected chi connectivity index (χ1v) is 8.23. The van der Waals surface area contributed by atoms with Gasteiger partial charge in [0.15, 0.2) is 6.61 Å². The van der Waals surface area contributed by atoms with Gasteiger partial charge in [0.1, 0.15) is 5.75 Å². The number of benzene rings is 1. The summed E-state index contributed by atoms with van der Waals surface area (Å²) >= 11 is 3.48. The highest BCUT2D eigenvalue weighted by atomic mass is 79.9. The van der Waals surface area contributed by atoms with Crippen LogP contribution in [0.1, 0.15) is 39.2 Å². The van der Waals surface area contributed by atoms with Crippen LogP contribution in [0.5, 0.6) is 5.75 Å². The Bertz CT molecular complexity index is 450. The van der Waals surface area contributed by atoms with Crippen molar-refractivity contribution in [1.82, 2.24) is 10.6 Å². The summed E-state index contributed by atoms with van der Waals surface area (Å²) in [6.07, 6.45) is 2.06. The van der Waals surface area contributed by atoms with E-state index in [-0.39, 0.29) is 12.5 Å². The Labute approximate surface area is 135 Å². The van der Waals surface area contributed by atoms with Crippen LogP contribution in [0.3, 0.4) is 0 Å². The van der Waals surface area contributed by atoms with Crippen LogP contribution >= 0.6 is 15.9 Å². The van der Waals surface area contributed by atoms with E-state index in [4.69, 9.17) is 4.74 Å². The van der Waals surface area contributed by atoms with Crippen LogP contribution in [-0.2, 0) is 11.3 Å². The highest BCUT2D eigenvalue weighted by molar-refractivity contribution is 9.10. The summed E-state index contributed by atoms with van der Waals surface area (Å²) in [4.78, 5) is 11.6. The molecule has 0 saturated heterocycles. The molecule has 1 amide bonds. The average molecular weight is 357 g/mol. The monoisotopic (exact) mass is 356 g/mol. The standard InChI is InChI=1S/C16H25BrN2O2/c1-4-5-8-18-16(20)11-21-15-7-6-13(9-14(15)17)10-19-12(2)3/h6-7,9,12,19H,4-5,8,10-11H2,1-3H3,(H,18,20). The average Bonchev–Trinajstić information content (AvgIpc) is 2.44. The SMILES string of the molecule is CCCCNC(=O)COc1ccc(CNC(C)C)cc1Br. The smallest absolute Gasteiger partial charge is 0.257 e. The van der Waals surface area contributed by atoms with Crippen molar-refractivity contribution in [3.05, 3.63) is 28.2 Å². The fourth-order valence-electron chi connectivity index (χ4n) is 1.69. The van der Waals surface area contributed by atoms with Gasteiger partial charge in [-0.1, -0.05) is 33.3 Å². The zero-order valence-corrected chi connectivity index (χ0v) is 14.6. The van der Waals surface area contributed by atoms with Gasteiger partial charge < -0.3 is 15.4 Å². The second-order valence-corrected chi connectivity index (χ2v) is 6.15. The van der Waals surface area contributed by atoms with E-state index in [1.807, 2.05) is 18.2 Å². The van der Waals surface area contributed by atoms with Gasteiger partial charge in [-0.2, -0.15) is 0 Å². The number of ether oxygens (including phenoxy) is 1. The molecule has 2 N–H and O–H groups in total. The van der Waals surface area contributed by atoms with E-state index in [0.29, 0.717) is 18.3 Å². The van der Waals surface area contributed by atoms with Crippen molar-refractivity contribution in [2.45, 2.75) is 46.2 Å². The molecule has 1 aromatic carbocycles. The Morgan fingerprint density at radius 3 is 2.76 bits per heavy atom. The van der Waals surface area contributed by atoms with Crippen molar-refractivity contribution in [1.29, 1.82) is 0 Å². The molecular formula is C16H25BrN2O2. The Hall–Kier alpha value is -1.07. The minimum Gasteiger partial charge on any atom is -0.483 e. The summed E-state index contributed by atoms with van der Waals surface area (Å²) in [6, 6.07) is 6.36. The van der Waals surface area contributed by atoms with Gasteiger partial charge in [0.05, 0.1) is 4.47 Å². The van der Waals surface area contributed by atoms with E-state index in [2.05, 4.69) is 47.3 Å². The third kappa shape index (κ3) is 7.48. The Morgan fingerprint density at radius 2 is 2.14 bits per heavy atom. The molecule has 0 atom stereocenters. The van der Waals surface area contributed by atoms with Crippen LogP contribution in [0, 0.1) is 0 Å². The third-order valence-corrected chi connectivity index (χ3v) is 3.54. The predicted molar refractivity (Wildman–Crippen MR) is 89.5 cm³/mol. The van der Waals surface area contributed by atoms with Crippen LogP contribution in [0.4, 0.5) is 0 Å². The van der Waals surface area contributed by atoms with Gasteiger partial charge >= 0.3 is 0 Å². The minimum absolute atomic E-state index is 0.0475. The van der Waals surface area contributed by atoms with Gasteiger partial charge in [-0.25, -0.2) is 0 Å². The number of rotatable bonds is 9. The topological polar surface area (TPSA) is 50.4 Å². The maximum Gasteiger partial charge on any atom is 0.257 e. The molecule has 4 nitrogen and oxygen atoms in total. The van der Waals surface area contributed by atoms with Crippen LogP contribution in [0.25, 0.3) is 0 Å². The molecule has 118 valence electrons. The minimum atomic E-state index is -0.0825. The molecular weight excluding hydrogens is 332 g/mol. The maximum atomic E-state index is 11.6. The fourth-order valence-corrected chi connectivity index (χ4v) is 2.23. The number of unbranched alkanes of at least 4 members (excludes halogenated alkanes) is 1. The summed E-state index contributed by atoms with van der Waals surface area (Å²) in [5, 5.41) is 6.19. The zero-order chi connectivity index (χ0) is 15.7. The molecule has 0 heterocycles. The number of halogens is 1. The highest BCUT2D eigenvalue weighted by Crippen LogP contribution is 2.26. The lowest BCUT2D eigenvalue weighted by atomic mass is 10.2. The van der Waals surface area contributed by atoms with Crippen molar-refractivity contribution in [2.24, 2.45) is 0 Å². The second kappa shape index (κ2) is 9.79. The lowest BCUT2D eigenvalue weighted by Crippen LogP contribution is -2.29. The van der Waals surface area contributed by atoms with E-state index in [0.717, 1.165) is 23.9 Å². The molecule has 0 aliphatic heterocycles. The van der Waals surface area contributed by atoms with Gasteiger partial charge in [-0.05, 0) is 40.0 Å². The number of carbonyl (C=O) groups excluding carboxylic acids is 1. The number of hydrogen-bond donors (Lipinski definition) is 2. The predicted octanol–water partition coefficient (Wildman–Crippen LogP) is 3.24. The second-order valence-electron chi connectivity index (χ2n) is 5.29. The van der Waals surface area contributed by atoms with Crippen molar-refractivity contribution in [3.8, 4) is 5.75 Å². The zero-order valence-electron chi connectivity index (χ0n) is 13.0. The van der Waals surface area contributed by atoms with Gasteiger partial charge in [-0.3, -0.25) is 4.79 Å². The third-order valence-electron chi connectivity index (χ3n) is 2.92. The van der Waals surface area contributed by atoms with Gasteiger partial charge in [0.2, 0.25) is 0 Å². The number of hydrogen-bond acceptors (Lipinski definition) is 3. The molecule has 21 heavy (non-hydrogen) atoms. The van der Waals surface area contributed by atoms with E-state index in [1.54, 1.807) is 0 Å². The summed E-state index contributed by atoms with van der Waals surface area (Å²) in [5.74, 6) is 0.606. The summed E-state index contributed by atoms with van der Waals surface area (Å²) in [6.45, 7) is 7.89. The molecule has 0 radical (unpaired) electrons. The molecule has 0 fully saturated rings. The molecule has 0 aliphatic rings. The molecule has 0 saturated carbocycles. The van der Waals surface area contributed by atoms with E-state index < -0.39 is 0 Å². The fraction of sp³-hybridized carbons (Fsp3) is 0.562. The summed E-state index contributed by atoms with van der Waals surface area (Å²) in [5.41, 5.74) is 1.18. The summed E-state index contributed by atoms with van der Waals surface area (Å²) < 4.78 is 6.40. The first-order valence-electron chi connectivity index (χ1n) is 7.44. The van der Waals surface area contributed by atoms with E-state index in [1.165, 1.54) is 5.56 Å². The molecule has 0 unspecified atom stereocenters. The molecule has 1 rings (SSSR count). The van der Waals surface area contributed by atoms with E-state index >= 15 is 0 Å². The van der Waals surface area contributed by atoms with Crippen molar-refractivity contribution in [2.75, 3.05) is 13.2 Å². The van der Waals surface area contributed by atoms with E-state index in [9.17, 15) is 4.79 Å². The lowest BCUT2D eigenvalue weighted by Gasteiger charge is -2.11. The molecule has 0 spiro atoms. The van der Waals surface area contributed by atoms with Gasteiger partial charge in [0.25, 0.3) is 5.91 Å². The molecule has 0 aliphatic carbocycles. The van der Waals surface area contributed by atoms with Crippen LogP contribution in [-0.4, -0.2) is 25.1 Å². The molecule has 1 aromatic rings.